The van der Waals surface area contributed by atoms with Crippen molar-refractivity contribution in [3.63, 3.8) is 0 Å². The zero-order valence-electron chi connectivity index (χ0n) is 18.9. The molecule has 34 heavy (non-hydrogen) atoms. The zero-order chi connectivity index (χ0) is 23.5. The van der Waals surface area contributed by atoms with E-state index in [2.05, 4.69) is 30.9 Å². The third kappa shape index (κ3) is 4.97. The van der Waals surface area contributed by atoms with Gasteiger partial charge in [-0.3, -0.25) is 4.99 Å². The van der Waals surface area contributed by atoms with Gasteiger partial charge in [-0.05, 0) is 38.2 Å². The quantitative estimate of drug-likeness (QED) is 0.499. The number of carbonyl (C=O) groups is 1. The van der Waals surface area contributed by atoms with Gasteiger partial charge >= 0.3 is 6.03 Å². The summed E-state index contributed by atoms with van der Waals surface area (Å²) in [6.45, 7) is 2.35. The molecule has 0 bridgehead atoms. The number of aliphatic imine (C=N–C) groups is 1. The Morgan fingerprint density at radius 1 is 1.29 bits per heavy atom. The summed E-state index contributed by atoms with van der Waals surface area (Å²) >= 11 is 6.11. The van der Waals surface area contributed by atoms with Crippen LogP contribution in [-0.2, 0) is 4.74 Å². The van der Waals surface area contributed by atoms with E-state index in [4.69, 9.17) is 16.3 Å². The van der Waals surface area contributed by atoms with Crippen molar-refractivity contribution in [3.8, 4) is 0 Å². The van der Waals surface area contributed by atoms with Crippen molar-refractivity contribution in [3.05, 3.63) is 40.7 Å². The number of aromatic amines is 1. The van der Waals surface area contributed by atoms with Crippen LogP contribution in [0.3, 0.4) is 0 Å². The van der Waals surface area contributed by atoms with Crippen LogP contribution in [-0.4, -0.2) is 71.7 Å². The highest BCUT2D eigenvalue weighted by Crippen LogP contribution is 2.23. The highest BCUT2D eigenvalue weighted by atomic mass is 35.5. The molecule has 9 nitrogen and oxygen atoms in total. The summed E-state index contributed by atoms with van der Waals surface area (Å²) in [5.41, 5.74) is 1.45. The molecule has 0 saturated carbocycles. The highest BCUT2D eigenvalue weighted by molar-refractivity contribution is 6.31. The summed E-state index contributed by atoms with van der Waals surface area (Å²) in [6.07, 6.45) is 8.33. The lowest BCUT2D eigenvalue weighted by atomic mass is 10.0. The Kier molecular flexibility index (Phi) is 6.87. The number of pyridine rings is 1. The van der Waals surface area contributed by atoms with Crippen molar-refractivity contribution in [2.45, 2.75) is 44.2 Å². The second kappa shape index (κ2) is 10.2. The minimum atomic E-state index is -0.370. The summed E-state index contributed by atoms with van der Waals surface area (Å²) < 4.78 is 20.2. The Morgan fingerprint density at radius 3 is 3.06 bits per heavy atom. The number of urea groups is 1. The summed E-state index contributed by atoms with van der Waals surface area (Å²) in [5.74, 6) is 0.443. The van der Waals surface area contributed by atoms with Crippen LogP contribution in [0.25, 0.3) is 11.0 Å². The van der Waals surface area contributed by atoms with Crippen molar-refractivity contribution in [2.75, 3.05) is 32.8 Å². The molecule has 4 N–H and O–H groups in total. The molecule has 3 aliphatic rings. The number of fused-ring (bicyclic) bond motifs is 1. The van der Waals surface area contributed by atoms with Gasteiger partial charge < -0.3 is 30.6 Å². The first-order chi connectivity index (χ1) is 16.6. The Morgan fingerprint density at radius 2 is 2.21 bits per heavy atom. The number of amidine groups is 1. The number of piperidine rings is 1. The van der Waals surface area contributed by atoms with Crippen molar-refractivity contribution in [1.82, 2.24) is 30.8 Å². The molecule has 2 atom stereocenters. The second-order valence-electron chi connectivity index (χ2n) is 8.87. The van der Waals surface area contributed by atoms with E-state index < -0.39 is 0 Å². The number of amides is 2. The van der Waals surface area contributed by atoms with Crippen LogP contribution in [0.1, 0.15) is 37.7 Å². The Labute approximate surface area is 202 Å². The maximum atomic E-state index is 14.6. The van der Waals surface area contributed by atoms with Gasteiger partial charge in [-0.15, -0.1) is 0 Å². The highest BCUT2D eigenvalue weighted by Gasteiger charge is 2.28. The van der Waals surface area contributed by atoms with Crippen LogP contribution in [0, 0.1) is 0 Å². The molecule has 11 heteroatoms. The molecular formula is C23H29ClFN7O2. The lowest BCUT2D eigenvalue weighted by Gasteiger charge is -2.36. The lowest BCUT2D eigenvalue weighted by molar-refractivity contribution is 0.104. The van der Waals surface area contributed by atoms with Crippen LogP contribution in [0.4, 0.5) is 9.18 Å². The van der Waals surface area contributed by atoms with Gasteiger partial charge in [-0.2, -0.15) is 0 Å². The van der Waals surface area contributed by atoms with E-state index in [-0.39, 0.29) is 36.4 Å². The van der Waals surface area contributed by atoms with Gasteiger partial charge in [-0.25, -0.2) is 14.2 Å². The molecule has 0 unspecified atom stereocenters. The number of ether oxygens (including phenoxy) is 1. The number of hydrogen-bond acceptors (Lipinski definition) is 6. The number of hydrogen-bond donors (Lipinski definition) is 4. The number of halogens is 2. The molecule has 2 saturated heterocycles. The van der Waals surface area contributed by atoms with E-state index in [0.29, 0.717) is 36.1 Å². The predicted octanol–water partition coefficient (Wildman–Crippen LogP) is 3.04. The molecular weight excluding hydrogens is 461 g/mol. The predicted molar refractivity (Wildman–Crippen MR) is 128 cm³/mol. The summed E-state index contributed by atoms with van der Waals surface area (Å²) in [4.78, 5) is 26.4. The van der Waals surface area contributed by atoms with E-state index >= 15 is 0 Å². The van der Waals surface area contributed by atoms with Gasteiger partial charge in [0.15, 0.2) is 5.83 Å². The monoisotopic (exact) mass is 489 g/mol. The van der Waals surface area contributed by atoms with Crippen molar-refractivity contribution in [2.24, 2.45) is 4.99 Å². The van der Waals surface area contributed by atoms with Crippen molar-refractivity contribution >= 4 is 34.5 Å². The number of aromatic nitrogens is 2. The van der Waals surface area contributed by atoms with Gasteiger partial charge in [-0.1, -0.05) is 11.6 Å². The molecule has 5 rings (SSSR count). The number of nitrogens with zero attached hydrogens (tertiary/aromatic N) is 3. The van der Waals surface area contributed by atoms with E-state index in [1.165, 1.54) is 0 Å². The molecule has 0 radical (unpaired) electrons. The third-order valence-corrected chi connectivity index (χ3v) is 6.76. The first-order valence-corrected chi connectivity index (χ1v) is 12.2. The van der Waals surface area contributed by atoms with E-state index in [1.807, 2.05) is 4.90 Å². The summed E-state index contributed by atoms with van der Waals surface area (Å²) in [5, 5.41) is 10.6. The van der Waals surface area contributed by atoms with Crippen molar-refractivity contribution < 1.29 is 13.9 Å². The SMILES string of the molecule is O=C(NC[C@H]1CCCO1)N1CCCC[C@@H]1CNC1=C(F)CN=C(c2c[nH]c3ncc(Cl)cc23)N1. The third-order valence-electron chi connectivity index (χ3n) is 6.55. The maximum Gasteiger partial charge on any atom is 0.317 e. The minimum absolute atomic E-state index is 0.0289. The maximum absolute atomic E-state index is 14.6. The van der Waals surface area contributed by atoms with Crippen LogP contribution in [0.5, 0.6) is 0 Å². The first kappa shape index (κ1) is 22.9. The number of nitrogens with one attached hydrogen (secondary N) is 4. The number of carbonyl (C=O) groups excluding carboxylic acids is 1. The Balaban J connectivity index is 1.21. The van der Waals surface area contributed by atoms with Gasteiger partial charge in [0.05, 0.1) is 23.7 Å². The Hall–Kier alpha value is -2.85. The first-order valence-electron chi connectivity index (χ1n) is 11.8. The fourth-order valence-electron chi connectivity index (χ4n) is 4.73. The van der Waals surface area contributed by atoms with E-state index in [0.717, 1.165) is 49.7 Å². The van der Waals surface area contributed by atoms with Crippen LogP contribution < -0.4 is 16.0 Å². The molecule has 2 aromatic rings. The Bertz CT molecular complexity index is 1110. The summed E-state index contributed by atoms with van der Waals surface area (Å²) in [7, 11) is 0. The second-order valence-corrected chi connectivity index (χ2v) is 9.30. The molecule has 0 aliphatic carbocycles. The minimum Gasteiger partial charge on any atom is -0.376 e. The zero-order valence-corrected chi connectivity index (χ0v) is 19.6. The smallest absolute Gasteiger partial charge is 0.317 e. The van der Waals surface area contributed by atoms with Crippen LogP contribution >= 0.6 is 11.6 Å². The number of rotatable bonds is 6. The van der Waals surface area contributed by atoms with Crippen LogP contribution in [0.15, 0.2) is 35.1 Å². The lowest BCUT2D eigenvalue weighted by Crippen LogP contribution is -2.53. The average Bonchev–Trinajstić information content (AvgIpc) is 3.52. The molecule has 0 spiro atoms. The fourth-order valence-corrected chi connectivity index (χ4v) is 4.89. The van der Waals surface area contributed by atoms with Gasteiger partial charge in [0.25, 0.3) is 0 Å². The molecule has 182 valence electrons. The van der Waals surface area contributed by atoms with E-state index in [1.54, 1.807) is 18.5 Å². The molecule has 3 aliphatic heterocycles. The largest absolute Gasteiger partial charge is 0.376 e. The molecule has 2 amide bonds. The van der Waals surface area contributed by atoms with E-state index in [9.17, 15) is 9.18 Å². The molecule has 0 aromatic carbocycles. The van der Waals surface area contributed by atoms with Gasteiger partial charge in [0.2, 0.25) is 0 Å². The average molecular weight is 490 g/mol. The number of H-pyrrole nitrogens is 1. The molecule has 5 heterocycles. The molecule has 2 fully saturated rings. The van der Waals surface area contributed by atoms with Gasteiger partial charge in [0, 0.05) is 49.6 Å². The molecule has 2 aromatic heterocycles. The number of likely N-dealkylation sites (tertiary alicyclic amines) is 1. The fraction of sp³-hybridized carbons (Fsp3) is 0.522. The standard InChI is InChI=1S/C23H29ClFN7O2/c24-14-8-17-18(12-28-20(17)26-9-14)21-29-13-19(25)22(31-21)27-10-15-4-1-2-6-32(15)23(33)30-11-16-5-3-7-34-16/h8-9,12,15-16,27H,1-7,10-11,13H2,(H,26,28)(H,29,31)(H,30,33)/t15-,16-/m1/s1. The van der Waals surface area contributed by atoms with Crippen molar-refractivity contribution in [1.29, 1.82) is 0 Å². The summed E-state index contributed by atoms with van der Waals surface area (Å²) in [6, 6.07) is 1.69. The van der Waals surface area contributed by atoms with Crippen LogP contribution in [0.2, 0.25) is 5.02 Å². The van der Waals surface area contributed by atoms with Gasteiger partial charge in [0.1, 0.15) is 17.3 Å². The topological polar surface area (TPSA) is 107 Å². The normalized spacial score (nSPS) is 23.1.